The number of Topliss-reactive ketones (excluding diaryl/α,β-unsaturated/α-hetero) is 1. The predicted octanol–water partition coefficient (Wildman–Crippen LogP) is 5.18. The molecule has 6 aliphatic rings. The monoisotopic (exact) mass is 815 g/mol. The van der Waals surface area contributed by atoms with Gasteiger partial charge in [0.25, 0.3) is 0 Å². The van der Waals surface area contributed by atoms with E-state index in [4.69, 9.17) is 37.9 Å². The lowest BCUT2D eigenvalue weighted by atomic mass is 9.70. The Bertz CT molecular complexity index is 1510. The zero-order valence-electron chi connectivity index (χ0n) is 36.0. The maximum absolute atomic E-state index is 14.8. The summed E-state index contributed by atoms with van der Waals surface area (Å²) in [5.41, 5.74) is 0.669. The molecule has 0 aromatic heterocycles. The molecule has 58 heavy (non-hydrogen) atoms. The van der Waals surface area contributed by atoms with E-state index in [1.807, 2.05) is 32.9 Å². The second-order valence-electron chi connectivity index (χ2n) is 17.8. The van der Waals surface area contributed by atoms with Gasteiger partial charge in [-0.1, -0.05) is 37.3 Å². The van der Waals surface area contributed by atoms with E-state index in [0.717, 1.165) is 25.7 Å². The smallest absolute Gasteiger partial charge is 0.306 e. The zero-order chi connectivity index (χ0) is 41.8. The molecule has 1 saturated carbocycles. The number of ether oxygens (including phenoxy) is 8. The number of methoxy groups -OCH3 is 3. The number of carbonyl (C=O) groups is 3. The van der Waals surface area contributed by atoms with E-state index in [2.05, 4.69) is 44.1 Å². The lowest BCUT2D eigenvalue weighted by Gasteiger charge is -2.42. The lowest BCUT2D eigenvalue weighted by molar-refractivity contribution is -0.311. The van der Waals surface area contributed by atoms with E-state index in [1.165, 1.54) is 14.2 Å². The number of rotatable bonds is 11. The van der Waals surface area contributed by atoms with Crippen molar-refractivity contribution in [3.05, 3.63) is 36.0 Å². The molecule has 1 N–H and O–H groups in total. The number of nitrogens with zero attached hydrogens (tertiary/aromatic N) is 1. The number of hydrogen-bond donors (Lipinski definition) is 1. The van der Waals surface area contributed by atoms with Crippen LogP contribution < -0.4 is 0 Å². The standard InChI is InChI=1S/C45H69NO12/c1-10-12-28(20-38(47)51-7)37-14-11-13-36(58-40-18-17-35(46(5)6)25(3)54-40)24(2)41(49)34-22-32-30(33(34)23-39(48)57-37)16-15-27-19-29(21-31(27)32)56-45-44(53-9)42(50)43(52-8)26(4)55-45/h10,12,15-16,22,24-33,35-37,40,42-45,50H,11,13-14,17-21,23H2,1-9H3/t24-,25-,26+,27?,28?,29-,30?,31?,32?,33?,35+,36+,37-,40+,42-,43+,44-,45+/m1/s1. The van der Waals surface area contributed by atoms with E-state index in [1.54, 1.807) is 7.11 Å². The van der Waals surface area contributed by atoms with Crippen LogP contribution in [0.25, 0.3) is 0 Å². The molecule has 0 bridgehead atoms. The minimum atomic E-state index is -0.911. The third kappa shape index (κ3) is 9.83. The highest BCUT2D eigenvalue weighted by Crippen LogP contribution is 2.54. The van der Waals surface area contributed by atoms with Crippen molar-refractivity contribution in [2.45, 2.75) is 153 Å². The van der Waals surface area contributed by atoms with Crippen molar-refractivity contribution < 1.29 is 57.4 Å². The molecule has 3 aliphatic carbocycles. The topological polar surface area (TPSA) is 149 Å². The second kappa shape index (κ2) is 19.9. The zero-order valence-corrected chi connectivity index (χ0v) is 36.0. The molecular weight excluding hydrogens is 746 g/mol. The summed E-state index contributed by atoms with van der Waals surface area (Å²) in [6.45, 7) is 7.78. The fraction of sp³-hybridized carbons (Fsp3) is 0.800. The number of carbonyl (C=O) groups excluding carboxylic acids is 3. The third-order valence-electron chi connectivity index (χ3n) is 14.0. The van der Waals surface area contributed by atoms with Gasteiger partial charge in [0.1, 0.15) is 24.4 Å². The number of aliphatic hydroxyl groups excluding tert-OH is 1. The summed E-state index contributed by atoms with van der Waals surface area (Å²) in [5.74, 6) is -1.63. The Labute approximate surface area is 345 Å². The van der Waals surface area contributed by atoms with Crippen molar-refractivity contribution in [3.8, 4) is 0 Å². The largest absolute Gasteiger partial charge is 0.469 e. The number of hydrogen-bond acceptors (Lipinski definition) is 13. The molecule has 3 aliphatic heterocycles. The van der Waals surface area contributed by atoms with Crippen LogP contribution in [0.2, 0.25) is 0 Å². The predicted molar refractivity (Wildman–Crippen MR) is 214 cm³/mol. The van der Waals surface area contributed by atoms with Crippen LogP contribution in [0.1, 0.15) is 85.5 Å². The molecule has 13 heteroatoms. The first-order valence-electron chi connectivity index (χ1n) is 21.6. The highest BCUT2D eigenvalue weighted by Gasteiger charge is 2.52. The molecule has 0 aromatic rings. The maximum Gasteiger partial charge on any atom is 0.306 e. The van der Waals surface area contributed by atoms with Gasteiger partial charge in [0.15, 0.2) is 18.4 Å². The summed E-state index contributed by atoms with van der Waals surface area (Å²) in [7, 11) is 8.57. The molecule has 6 rings (SSSR count). The number of ketones is 1. The van der Waals surface area contributed by atoms with E-state index in [0.29, 0.717) is 24.8 Å². The van der Waals surface area contributed by atoms with Gasteiger partial charge in [-0.15, -0.1) is 0 Å². The molecule has 18 atom stereocenters. The summed E-state index contributed by atoms with van der Waals surface area (Å²) < 4.78 is 48.4. The molecule has 0 spiro atoms. The summed E-state index contributed by atoms with van der Waals surface area (Å²) >= 11 is 0. The summed E-state index contributed by atoms with van der Waals surface area (Å²) in [5, 5.41) is 11.0. The SMILES string of the molecule is CC=CC(CC(=O)OC)[C@H]1CCC[C@H](O[C@H]2CC[C@H](N(C)C)[C@@H](C)O2)[C@@H](C)C(=O)C2=CC3C(C=CC4C[C@@H](O[C@@H]5O[C@@H](C)[C@H](OC)[C@@H](O)[C@H]5OC)CC43)C2CC(=O)O1. The summed E-state index contributed by atoms with van der Waals surface area (Å²) in [4.78, 5) is 43.6. The second-order valence-corrected chi connectivity index (χ2v) is 17.8. The van der Waals surface area contributed by atoms with Gasteiger partial charge in [0, 0.05) is 38.0 Å². The van der Waals surface area contributed by atoms with Gasteiger partial charge in [-0.25, -0.2) is 0 Å². The Balaban J connectivity index is 1.25. The van der Waals surface area contributed by atoms with Crippen LogP contribution in [-0.4, -0.2) is 131 Å². The Hall–Kier alpha value is -2.49. The first-order valence-corrected chi connectivity index (χ1v) is 21.6. The average molecular weight is 816 g/mol. The van der Waals surface area contributed by atoms with Gasteiger partial charge in [-0.05, 0) is 109 Å². The average Bonchev–Trinajstić information content (AvgIpc) is 3.76. The van der Waals surface area contributed by atoms with Crippen LogP contribution >= 0.6 is 0 Å². The van der Waals surface area contributed by atoms with Crippen molar-refractivity contribution >= 4 is 17.7 Å². The van der Waals surface area contributed by atoms with Gasteiger partial charge < -0.3 is 47.9 Å². The van der Waals surface area contributed by atoms with Crippen molar-refractivity contribution in [3.63, 3.8) is 0 Å². The summed E-state index contributed by atoms with van der Waals surface area (Å²) in [6, 6.07) is 0.281. The van der Waals surface area contributed by atoms with Crippen molar-refractivity contribution in [2.24, 2.45) is 41.4 Å². The van der Waals surface area contributed by atoms with Crippen LogP contribution in [-0.2, 0) is 52.3 Å². The molecule has 4 fully saturated rings. The Morgan fingerprint density at radius 2 is 1.71 bits per heavy atom. The number of esters is 2. The number of allylic oxidation sites excluding steroid dienone is 5. The number of aliphatic hydroxyl groups is 1. The molecule has 326 valence electrons. The molecule has 0 amide bonds. The molecule has 0 aromatic carbocycles. The fourth-order valence-corrected chi connectivity index (χ4v) is 11.0. The quantitative estimate of drug-likeness (QED) is 0.216. The lowest BCUT2D eigenvalue weighted by Crippen LogP contribution is -2.59. The van der Waals surface area contributed by atoms with E-state index in [9.17, 15) is 19.5 Å². The van der Waals surface area contributed by atoms with Crippen molar-refractivity contribution in [2.75, 3.05) is 35.4 Å². The molecular formula is C45H69NO12. The van der Waals surface area contributed by atoms with Crippen LogP contribution in [0.15, 0.2) is 36.0 Å². The van der Waals surface area contributed by atoms with Crippen molar-refractivity contribution in [1.29, 1.82) is 0 Å². The van der Waals surface area contributed by atoms with Gasteiger partial charge >= 0.3 is 11.9 Å². The first-order chi connectivity index (χ1) is 27.8. The first kappa shape index (κ1) is 45.0. The summed E-state index contributed by atoms with van der Waals surface area (Å²) in [6.07, 6.45) is 10.4. The van der Waals surface area contributed by atoms with Gasteiger partial charge in [-0.2, -0.15) is 0 Å². The maximum atomic E-state index is 14.8. The number of likely N-dealkylation sites (N-methyl/N-ethyl adjacent to an activating group) is 1. The van der Waals surface area contributed by atoms with E-state index in [-0.39, 0.29) is 84.3 Å². The number of fused-ring (bicyclic) bond motifs is 5. The van der Waals surface area contributed by atoms with Gasteiger partial charge in [0.2, 0.25) is 0 Å². The van der Waals surface area contributed by atoms with E-state index >= 15 is 0 Å². The normalized spacial score (nSPS) is 42.8. The highest BCUT2D eigenvalue weighted by atomic mass is 16.7. The Kier molecular flexibility index (Phi) is 15.5. The van der Waals surface area contributed by atoms with Gasteiger partial charge in [0.05, 0.1) is 44.4 Å². The molecule has 6 unspecified atom stereocenters. The fourth-order valence-electron chi connectivity index (χ4n) is 11.0. The van der Waals surface area contributed by atoms with Gasteiger partial charge in [-0.3, -0.25) is 14.4 Å². The Morgan fingerprint density at radius 3 is 2.38 bits per heavy atom. The highest BCUT2D eigenvalue weighted by molar-refractivity contribution is 5.99. The third-order valence-corrected chi connectivity index (χ3v) is 14.0. The van der Waals surface area contributed by atoms with Crippen molar-refractivity contribution in [1.82, 2.24) is 4.90 Å². The number of cyclic esters (lactones) is 1. The Morgan fingerprint density at radius 1 is 0.948 bits per heavy atom. The van der Waals surface area contributed by atoms with Crippen LogP contribution in [0.4, 0.5) is 0 Å². The molecule has 3 heterocycles. The molecule has 0 radical (unpaired) electrons. The minimum absolute atomic E-state index is 0.00629. The van der Waals surface area contributed by atoms with Crippen LogP contribution in [0.3, 0.4) is 0 Å². The molecule has 3 saturated heterocycles. The minimum Gasteiger partial charge on any atom is -0.469 e. The molecule has 13 nitrogen and oxygen atoms in total. The van der Waals surface area contributed by atoms with Crippen LogP contribution in [0, 0.1) is 41.4 Å². The van der Waals surface area contributed by atoms with E-state index < -0.39 is 55.1 Å². The van der Waals surface area contributed by atoms with Crippen LogP contribution in [0.5, 0.6) is 0 Å².